The second kappa shape index (κ2) is 11.5. The number of nitrogens with zero attached hydrogens (tertiary/aromatic N) is 3. The van der Waals surface area contributed by atoms with Crippen LogP contribution in [0, 0.1) is 0 Å². The molecule has 1 aliphatic rings. The number of hydrogen-bond acceptors (Lipinski definition) is 3. The number of aromatic nitrogens is 3. The average molecular weight is 628 g/mol. The van der Waals surface area contributed by atoms with E-state index >= 15 is 0 Å². The van der Waals surface area contributed by atoms with E-state index in [1.54, 1.807) is 0 Å². The van der Waals surface area contributed by atoms with Crippen LogP contribution in [0.25, 0.3) is 78.3 Å². The summed E-state index contributed by atoms with van der Waals surface area (Å²) in [6, 6.07) is 57.9. The molecule has 0 bridgehead atoms. The van der Waals surface area contributed by atoms with Crippen LogP contribution in [0.5, 0.6) is 0 Å². The van der Waals surface area contributed by atoms with E-state index in [2.05, 4.69) is 166 Å². The highest BCUT2D eigenvalue weighted by Crippen LogP contribution is 2.50. The summed E-state index contributed by atoms with van der Waals surface area (Å²) in [6.07, 6.45) is 0. The van der Waals surface area contributed by atoms with Gasteiger partial charge in [0.2, 0.25) is 0 Å². The van der Waals surface area contributed by atoms with Crippen molar-refractivity contribution in [3.63, 3.8) is 0 Å². The fraction of sp³-hybridized carbons (Fsp3) is 0.0652. The van der Waals surface area contributed by atoms with Crippen molar-refractivity contribution in [3.05, 3.63) is 175 Å². The van der Waals surface area contributed by atoms with Crippen LogP contribution in [-0.4, -0.2) is 15.0 Å². The zero-order chi connectivity index (χ0) is 33.0. The van der Waals surface area contributed by atoms with Gasteiger partial charge in [0.1, 0.15) is 0 Å². The lowest BCUT2D eigenvalue weighted by Crippen LogP contribution is -2.15. The molecule has 0 radical (unpaired) electrons. The molecule has 0 atom stereocenters. The molecule has 1 aromatic heterocycles. The zero-order valence-corrected chi connectivity index (χ0v) is 27.4. The zero-order valence-electron chi connectivity index (χ0n) is 27.4. The van der Waals surface area contributed by atoms with Crippen molar-refractivity contribution >= 4 is 10.8 Å². The Morgan fingerprint density at radius 3 is 1.24 bits per heavy atom. The molecule has 0 amide bonds. The van der Waals surface area contributed by atoms with Gasteiger partial charge in [0.05, 0.1) is 0 Å². The standard InChI is InChI=1S/C46H33N3/c1-46(2)41-29-38(25-26-39(41)40-27-36-15-9-10-16-37(36)28-42(40)46)45-48-43(34-21-17-32(18-22-34)30-11-5-3-6-12-30)47-44(49-45)35-23-19-33(20-24-35)31-13-7-4-8-14-31/h3-29H,1-2H3. The van der Waals surface area contributed by atoms with Gasteiger partial charge in [-0.15, -0.1) is 0 Å². The SMILES string of the molecule is CC1(C)c2cc(-c3nc(-c4ccc(-c5ccccc5)cc4)nc(-c4ccc(-c5ccccc5)cc4)n3)ccc2-c2cc3ccccc3cc21. The van der Waals surface area contributed by atoms with Crippen molar-refractivity contribution in [3.8, 4) is 67.5 Å². The first-order valence-corrected chi connectivity index (χ1v) is 16.8. The Bertz CT molecular complexity index is 2380. The highest BCUT2D eigenvalue weighted by molar-refractivity contribution is 5.94. The second-order valence-electron chi connectivity index (χ2n) is 13.3. The number of hydrogen-bond donors (Lipinski definition) is 0. The molecule has 7 aromatic carbocycles. The molecule has 0 N–H and O–H groups in total. The van der Waals surface area contributed by atoms with Gasteiger partial charge in [0.25, 0.3) is 0 Å². The third-order valence-electron chi connectivity index (χ3n) is 9.94. The molecule has 0 saturated carbocycles. The first-order valence-electron chi connectivity index (χ1n) is 16.8. The normalized spacial score (nSPS) is 12.9. The van der Waals surface area contributed by atoms with Gasteiger partial charge in [-0.25, -0.2) is 15.0 Å². The lowest BCUT2D eigenvalue weighted by atomic mass is 9.81. The molecule has 49 heavy (non-hydrogen) atoms. The van der Waals surface area contributed by atoms with E-state index in [4.69, 9.17) is 15.0 Å². The Kier molecular flexibility index (Phi) is 6.80. The van der Waals surface area contributed by atoms with Crippen LogP contribution in [0.4, 0.5) is 0 Å². The molecule has 1 aliphatic carbocycles. The van der Waals surface area contributed by atoms with Gasteiger partial charge in [-0.1, -0.05) is 159 Å². The summed E-state index contributed by atoms with van der Waals surface area (Å²) in [6.45, 7) is 4.64. The van der Waals surface area contributed by atoms with Crippen LogP contribution in [0.15, 0.2) is 164 Å². The van der Waals surface area contributed by atoms with Crippen molar-refractivity contribution in [2.75, 3.05) is 0 Å². The molecule has 0 spiro atoms. The Balaban J connectivity index is 1.16. The van der Waals surface area contributed by atoms with Crippen molar-refractivity contribution < 1.29 is 0 Å². The van der Waals surface area contributed by atoms with Crippen LogP contribution in [0.2, 0.25) is 0 Å². The topological polar surface area (TPSA) is 38.7 Å². The summed E-state index contributed by atoms with van der Waals surface area (Å²) in [7, 11) is 0. The van der Waals surface area contributed by atoms with Crippen LogP contribution < -0.4 is 0 Å². The number of fused-ring (bicyclic) bond motifs is 4. The summed E-state index contributed by atoms with van der Waals surface area (Å²) in [5, 5.41) is 2.53. The third-order valence-corrected chi connectivity index (χ3v) is 9.94. The van der Waals surface area contributed by atoms with Crippen molar-refractivity contribution in [2.45, 2.75) is 19.3 Å². The summed E-state index contributed by atoms with van der Waals surface area (Å²) >= 11 is 0. The highest BCUT2D eigenvalue weighted by atomic mass is 15.0. The number of rotatable bonds is 5. The lowest BCUT2D eigenvalue weighted by molar-refractivity contribution is 0.661. The first kappa shape index (κ1) is 29.0. The van der Waals surface area contributed by atoms with E-state index in [1.807, 2.05) is 12.1 Å². The van der Waals surface area contributed by atoms with E-state index in [1.165, 1.54) is 44.2 Å². The summed E-state index contributed by atoms with van der Waals surface area (Å²) in [5.74, 6) is 1.97. The Morgan fingerprint density at radius 1 is 0.327 bits per heavy atom. The van der Waals surface area contributed by atoms with E-state index in [-0.39, 0.29) is 5.41 Å². The maximum Gasteiger partial charge on any atom is 0.164 e. The molecule has 232 valence electrons. The summed E-state index contributed by atoms with van der Waals surface area (Å²) in [4.78, 5) is 15.3. The fourth-order valence-corrected chi connectivity index (χ4v) is 7.21. The molecule has 8 aromatic rings. The minimum Gasteiger partial charge on any atom is -0.208 e. The minimum absolute atomic E-state index is 0.163. The maximum absolute atomic E-state index is 5.11. The third kappa shape index (κ3) is 5.12. The van der Waals surface area contributed by atoms with Crippen LogP contribution in [0.1, 0.15) is 25.0 Å². The summed E-state index contributed by atoms with van der Waals surface area (Å²) in [5.41, 5.74) is 12.6. The van der Waals surface area contributed by atoms with Gasteiger partial charge in [-0.05, 0) is 73.5 Å². The second-order valence-corrected chi connectivity index (χ2v) is 13.3. The Hall–Kier alpha value is -6.19. The monoisotopic (exact) mass is 627 g/mol. The van der Waals surface area contributed by atoms with Gasteiger partial charge in [0, 0.05) is 22.1 Å². The summed E-state index contributed by atoms with van der Waals surface area (Å²) < 4.78 is 0. The molecular weight excluding hydrogens is 595 g/mol. The minimum atomic E-state index is -0.163. The quantitative estimate of drug-likeness (QED) is 0.191. The largest absolute Gasteiger partial charge is 0.208 e. The van der Waals surface area contributed by atoms with E-state index in [9.17, 15) is 0 Å². The van der Waals surface area contributed by atoms with E-state index < -0.39 is 0 Å². The molecule has 0 fully saturated rings. The molecule has 0 unspecified atom stereocenters. The Morgan fingerprint density at radius 2 is 0.714 bits per heavy atom. The predicted octanol–water partition coefficient (Wildman–Crippen LogP) is 11.7. The van der Waals surface area contributed by atoms with Crippen molar-refractivity contribution in [1.82, 2.24) is 15.0 Å². The molecule has 9 rings (SSSR count). The Labute approximate surface area is 286 Å². The van der Waals surface area contributed by atoms with Gasteiger partial charge in [-0.3, -0.25) is 0 Å². The number of benzene rings is 7. The van der Waals surface area contributed by atoms with Gasteiger partial charge >= 0.3 is 0 Å². The first-order chi connectivity index (χ1) is 24.0. The van der Waals surface area contributed by atoms with Crippen molar-refractivity contribution in [1.29, 1.82) is 0 Å². The molecule has 3 nitrogen and oxygen atoms in total. The van der Waals surface area contributed by atoms with Crippen LogP contribution >= 0.6 is 0 Å². The lowest BCUT2D eigenvalue weighted by Gasteiger charge is -2.22. The smallest absolute Gasteiger partial charge is 0.164 e. The molecule has 3 heteroatoms. The van der Waals surface area contributed by atoms with Gasteiger partial charge in [0.15, 0.2) is 17.5 Å². The van der Waals surface area contributed by atoms with E-state index in [0.717, 1.165) is 27.8 Å². The highest BCUT2D eigenvalue weighted by Gasteiger charge is 2.36. The predicted molar refractivity (Wildman–Crippen MR) is 202 cm³/mol. The molecular formula is C46H33N3. The van der Waals surface area contributed by atoms with Crippen molar-refractivity contribution in [2.24, 2.45) is 0 Å². The van der Waals surface area contributed by atoms with Gasteiger partial charge in [-0.2, -0.15) is 0 Å². The van der Waals surface area contributed by atoms with Crippen LogP contribution in [-0.2, 0) is 5.41 Å². The van der Waals surface area contributed by atoms with Crippen LogP contribution in [0.3, 0.4) is 0 Å². The fourth-order valence-electron chi connectivity index (χ4n) is 7.21. The molecule has 1 heterocycles. The van der Waals surface area contributed by atoms with Gasteiger partial charge < -0.3 is 0 Å². The average Bonchev–Trinajstić information content (AvgIpc) is 3.39. The molecule has 0 saturated heterocycles. The van der Waals surface area contributed by atoms with E-state index in [0.29, 0.717) is 17.5 Å². The molecule has 0 aliphatic heterocycles. The maximum atomic E-state index is 5.11.